The van der Waals surface area contributed by atoms with Crippen LogP contribution in [0.1, 0.15) is 56.1 Å². The first-order valence-electron chi connectivity index (χ1n) is 10.4. The third-order valence-electron chi connectivity index (χ3n) is 6.47. The molecule has 0 radical (unpaired) electrons. The Hall–Kier alpha value is -1.88. The fourth-order valence-corrected chi connectivity index (χ4v) is 4.98. The van der Waals surface area contributed by atoms with E-state index in [2.05, 4.69) is 17.4 Å². The standard InChI is InChI=1S/C22H30N2O3/c25-20(23-19-7-6-17-4-3-5-18(17)14-19)15-22(8-1-2-9-22)16-21(26)24-10-12-27-13-11-24/h6-7,14H,1-5,8-13,15-16H2,(H,23,25). The Kier molecular flexibility index (Phi) is 5.48. The molecule has 1 saturated heterocycles. The van der Waals surface area contributed by atoms with Crippen LogP contribution < -0.4 is 5.32 Å². The largest absolute Gasteiger partial charge is 0.378 e. The molecule has 1 N–H and O–H groups in total. The van der Waals surface area contributed by atoms with E-state index < -0.39 is 0 Å². The molecule has 1 aliphatic heterocycles. The summed E-state index contributed by atoms with van der Waals surface area (Å²) in [5.74, 6) is 0.232. The predicted molar refractivity (Wildman–Crippen MR) is 105 cm³/mol. The van der Waals surface area contributed by atoms with Gasteiger partial charge < -0.3 is 15.0 Å². The van der Waals surface area contributed by atoms with Crippen LogP contribution in [0.25, 0.3) is 0 Å². The van der Waals surface area contributed by atoms with Crippen molar-refractivity contribution >= 4 is 17.5 Å². The van der Waals surface area contributed by atoms with Gasteiger partial charge in [-0.3, -0.25) is 9.59 Å². The molecule has 2 aliphatic carbocycles. The molecule has 0 spiro atoms. The summed E-state index contributed by atoms with van der Waals surface area (Å²) in [4.78, 5) is 27.4. The maximum absolute atomic E-state index is 12.8. The van der Waals surface area contributed by atoms with Crippen molar-refractivity contribution in [1.82, 2.24) is 4.90 Å². The molecule has 2 amide bonds. The molecule has 0 aromatic heterocycles. The highest BCUT2D eigenvalue weighted by Crippen LogP contribution is 2.44. The average molecular weight is 370 g/mol. The van der Waals surface area contributed by atoms with E-state index in [0.29, 0.717) is 39.1 Å². The van der Waals surface area contributed by atoms with E-state index in [0.717, 1.165) is 44.2 Å². The molecule has 0 bridgehead atoms. The third kappa shape index (κ3) is 4.34. The predicted octanol–water partition coefficient (Wildman–Crippen LogP) is 3.31. The second-order valence-electron chi connectivity index (χ2n) is 8.44. The van der Waals surface area contributed by atoms with Crippen LogP contribution in [0.4, 0.5) is 5.69 Å². The zero-order chi connectivity index (χ0) is 18.7. The Morgan fingerprint density at radius 3 is 2.52 bits per heavy atom. The summed E-state index contributed by atoms with van der Waals surface area (Å²) in [6.45, 7) is 2.60. The number of hydrogen-bond acceptors (Lipinski definition) is 3. The lowest BCUT2D eigenvalue weighted by atomic mass is 9.78. The van der Waals surface area contributed by atoms with Crippen LogP contribution in [-0.4, -0.2) is 43.0 Å². The van der Waals surface area contributed by atoms with E-state index >= 15 is 0 Å². The molecule has 0 atom stereocenters. The zero-order valence-corrected chi connectivity index (χ0v) is 16.1. The van der Waals surface area contributed by atoms with Crippen molar-refractivity contribution in [3.8, 4) is 0 Å². The molecule has 0 unspecified atom stereocenters. The smallest absolute Gasteiger partial charge is 0.224 e. The highest BCUT2D eigenvalue weighted by molar-refractivity contribution is 5.92. The lowest BCUT2D eigenvalue weighted by molar-refractivity contribution is -0.138. The lowest BCUT2D eigenvalue weighted by Crippen LogP contribution is -2.43. The number of hydrogen-bond donors (Lipinski definition) is 1. The van der Waals surface area contributed by atoms with Gasteiger partial charge in [-0.2, -0.15) is 0 Å². The van der Waals surface area contributed by atoms with E-state index in [1.54, 1.807) is 0 Å². The number of morpholine rings is 1. The number of carbonyl (C=O) groups excluding carboxylic acids is 2. The van der Waals surface area contributed by atoms with E-state index in [4.69, 9.17) is 4.74 Å². The van der Waals surface area contributed by atoms with Gasteiger partial charge in [0.2, 0.25) is 11.8 Å². The molecule has 2 fully saturated rings. The molecular formula is C22H30N2O3. The van der Waals surface area contributed by atoms with Crippen molar-refractivity contribution in [2.75, 3.05) is 31.6 Å². The van der Waals surface area contributed by atoms with Gasteiger partial charge in [-0.25, -0.2) is 0 Å². The highest BCUT2D eigenvalue weighted by atomic mass is 16.5. The molecule has 4 rings (SSSR count). The second-order valence-corrected chi connectivity index (χ2v) is 8.44. The zero-order valence-electron chi connectivity index (χ0n) is 16.1. The van der Waals surface area contributed by atoms with Crippen molar-refractivity contribution in [1.29, 1.82) is 0 Å². The van der Waals surface area contributed by atoms with Crippen LogP contribution in [0.2, 0.25) is 0 Å². The second kappa shape index (κ2) is 8.01. The number of nitrogens with one attached hydrogen (secondary N) is 1. The lowest BCUT2D eigenvalue weighted by Gasteiger charge is -2.33. The molecule has 1 aromatic rings. The first-order chi connectivity index (χ1) is 13.1. The quantitative estimate of drug-likeness (QED) is 0.865. The maximum atomic E-state index is 12.8. The molecule has 27 heavy (non-hydrogen) atoms. The van der Waals surface area contributed by atoms with Gasteiger partial charge in [0.1, 0.15) is 0 Å². The van der Waals surface area contributed by atoms with Crippen molar-refractivity contribution in [2.24, 2.45) is 5.41 Å². The Labute approximate surface area is 161 Å². The van der Waals surface area contributed by atoms with E-state index in [1.807, 2.05) is 11.0 Å². The highest BCUT2D eigenvalue weighted by Gasteiger charge is 2.39. The molecule has 1 aromatic carbocycles. The summed E-state index contributed by atoms with van der Waals surface area (Å²) in [5, 5.41) is 3.09. The SMILES string of the molecule is O=C(CC1(CC(=O)N2CCOCC2)CCCC1)Nc1ccc2c(c1)CCC2. The van der Waals surface area contributed by atoms with Crippen molar-refractivity contribution in [2.45, 2.75) is 57.8 Å². The number of anilines is 1. The molecule has 5 nitrogen and oxygen atoms in total. The maximum Gasteiger partial charge on any atom is 0.224 e. The van der Waals surface area contributed by atoms with Gasteiger partial charge >= 0.3 is 0 Å². The molecular weight excluding hydrogens is 340 g/mol. The number of rotatable bonds is 5. The Balaban J connectivity index is 1.38. The van der Waals surface area contributed by atoms with Gasteiger partial charge in [0.05, 0.1) is 13.2 Å². The van der Waals surface area contributed by atoms with Gasteiger partial charge in [0.25, 0.3) is 0 Å². The van der Waals surface area contributed by atoms with Gasteiger partial charge in [-0.15, -0.1) is 0 Å². The van der Waals surface area contributed by atoms with Gasteiger partial charge in [-0.1, -0.05) is 18.9 Å². The van der Waals surface area contributed by atoms with Gasteiger partial charge in [0.15, 0.2) is 0 Å². The number of benzene rings is 1. The minimum atomic E-state index is -0.170. The van der Waals surface area contributed by atoms with Crippen molar-refractivity contribution in [3.05, 3.63) is 29.3 Å². The number of fused-ring (bicyclic) bond motifs is 1. The Morgan fingerprint density at radius 2 is 1.74 bits per heavy atom. The van der Waals surface area contributed by atoms with Crippen LogP contribution in [0.5, 0.6) is 0 Å². The number of amides is 2. The number of carbonyl (C=O) groups is 2. The van der Waals surface area contributed by atoms with Crippen LogP contribution >= 0.6 is 0 Å². The van der Waals surface area contributed by atoms with Crippen LogP contribution in [0.15, 0.2) is 18.2 Å². The molecule has 3 aliphatic rings. The fraction of sp³-hybridized carbons (Fsp3) is 0.636. The van der Waals surface area contributed by atoms with Gasteiger partial charge in [0, 0.05) is 31.6 Å². The molecule has 146 valence electrons. The summed E-state index contributed by atoms with van der Waals surface area (Å²) in [7, 11) is 0. The number of ether oxygens (including phenoxy) is 1. The monoisotopic (exact) mass is 370 g/mol. The minimum Gasteiger partial charge on any atom is -0.378 e. The van der Waals surface area contributed by atoms with Crippen LogP contribution in [0.3, 0.4) is 0 Å². The Morgan fingerprint density at radius 1 is 1.00 bits per heavy atom. The fourth-order valence-electron chi connectivity index (χ4n) is 4.98. The van der Waals surface area contributed by atoms with Gasteiger partial charge in [-0.05, 0) is 60.8 Å². The molecule has 1 saturated carbocycles. The summed E-state index contributed by atoms with van der Waals surface area (Å²) in [5.41, 5.74) is 3.51. The number of nitrogens with zero attached hydrogens (tertiary/aromatic N) is 1. The van der Waals surface area contributed by atoms with Crippen molar-refractivity contribution < 1.29 is 14.3 Å². The summed E-state index contributed by atoms with van der Waals surface area (Å²) in [6, 6.07) is 6.29. The Bertz CT molecular complexity index is 704. The topological polar surface area (TPSA) is 58.6 Å². The van der Waals surface area contributed by atoms with E-state index in [9.17, 15) is 9.59 Å². The number of aryl methyl sites for hydroxylation is 2. The summed E-state index contributed by atoms with van der Waals surface area (Å²) in [6.07, 6.45) is 8.57. The van der Waals surface area contributed by atoms with Crippen molar-refractivity contribution in [3.63, 3.8) is 0 Å². The van der Waals surface area contributed by atoms with Crippen LogP contribution in [-0.2, 0) is 27.2 Å². The third-order valence-corrected chi connectivity index (χ3v) is 6.47. The first kappa shape index (κ1) is 18.5. The normalized spacial score (nSPS) is 21.1. The summed E-state index contributed by atoms with van der Waals surface area (Å²) >= 11 is 0. The first-order valence-corrected chi connectivity index (χ1v) is 10.4. The summed E-state index contributed by atoms with van der Waals surface area (Å²) < 4.78 is 5.35. The minimum absolute atomic E-state index is 0.0459. The molecule has 5 heteroatoms. The van der Waals surface area contributed by atoms with E-state index in [-0.39, 0.29) is 17.2 Å². The van der Waals surface area contributed by atoms with E-state index in [1.165, 1.54) is 17.5 Å². The molecule has 1 heterocycles. The average Bonchev–Trinajstić information content (AvgIpc) is 3.31. The van der Waals surface area contributed by atoms with Crippen LogP contribution in [0, 0.1) is 5.41 Å².